The Kier molecular flexibility index (Phi) is 32.8. The number of hydrogen-bond acceptors (Lipinski definition) is 4. The summed E-state index contributed by atoms with van der Waals surface area (Å²) in [4.78, 5) is 0. The third-order valence-corrected chi connectivity index (χ3v) is 8.86. The van der Waals surface area contributed by atoms with Crippen LogP contribution in [0.3, 0.4) is 0 Å². The fraction of sp³-hybridized carbons (Fsp3) is 0.842. The topological polar surface area (TPSA) is 76.5 Å². The first-order valence-corrected chi connectivity index (χ1v) is 19.2. The highest BCUT2D eigenvalue weighted by Crippen LogP contribution is 2.11. The van der Waals surface area contributed by atoms with Gasteiger partial charge in [0.05, 0.1) is 13.2 Å². The van der Waals surface area contributed by atoms with Crippen molar-refractivity contribution in [2.45, 2.75) is 181 Å². The van der Waals surface area contributed by atoms with Gasteiger partial charge < -0.3 is 53.6 Å². The summed E-state index contributed by atoms with van der Waals surface area (Å²) in [5, 5.41) is 20.8. The Balaban J connectivity index is 0.0000110. The van der Waals surface area contributed by atoms with Crippen LogP contribution in [-0.4, -0.2) is 58.0 Å². The highest BCUT2D eigenvalue weighted by atomic mass is 79.9. The predicted molar refractivity (Wildman–Crippen MR) is 187 cm³/mol. The number of aliphatic hydroxyl groups excluding tert-OH is 2. The molecule has 2 heterocycles. The minimum atomic E-state index is -0.502. The molecule has 2 aromatic heterocycles. The van der Waals surface area contributed by atoms with Crippen LogP contribution in [-0.2, 0) is 35.7 Å². The fourth-order valence-electron chi connectivity index (χ4n) is 6.00. The molecule has 2 unspecified atom stereocenters. The molecule has 48 heavy (non-hydrogen) atoms. The van der Waals surface area contributed by atoms with Gasteiger partial charge in [-0.25, -0.2) is 18.3 Å². The van der Waals surface area contributed by atoms with Crippen LogP contribution in [0.15, 0.2) is 37.4 Å². The highest BCUT2D eigenvalue weighted by Gasteiger charge is 2.14. The Morgan fingerprint density at radius 2 is 0.812 bits per heavy atom. The number of hydrogen-bond donors (Lipinski definition) is 2. The molecule has 2 N–H and O–H groups in total. The van der Waals surface area contributed by atoms with Crippen molar-refractivity contribution >= 4 is 0 Å². The van der Waals surface area contributed by atoms with Crippen LogP contribution < -0.4 is 43.1 Å². The molecule has 0 aliphatic rings. The zero-order valence-electron chi connectivity index (χ0n) is 30.7. The molecule has 0 radical (unpaired) electrons. The molecule has 0 bridgehead atoms. The van der Waals surface area contributed by atoms with Gasteiger partial charge in [-0.3, -0.25) is 0 Å². The number of unbranched alkanes of at least 4 members (excludes halogenated alkanes) is 18. The molecule has 10 heteroatoms. The van der Waals surface area contributed by atoms with Gasteiger partial charge in [0, 0.05) is 13.2 Å². The van der Waals surface area contributed by atoms with E-state index in [2.05, 4.69) is 23.0 Å². The first kappa shape index (κ1) is 47.2. The SMILES string of the molecule is CCCCCCCCCCCCOCC(O)C[n+]1ccn(CCn2cc[n+](CC(O)COCCCCCCCCCCCC)c2)c1.[Br-].[Br-]. The average molecular weight is 809 g/mol. The molecule has 2 aromatic rings. The molecular formula is C38H72Br2N4O4. The molecule has 2 atom stereocenters. The van der Waals surface area contributed by atoms with E-state index < -0.39 is 12.2 Å². The van der Waals surface area contributed by atoms with E-state index in [1.54, 1.807) is 0 Å². The molecule has 0 amide bonds. The van der Waals surface area contributed by atoms with E-state index in [1.165, 1.54) is 116 Å². The predicted octanol–water partition coefficient (Wildman–Crippen LogP) is 1.17. The molecule has 0 aliphatic heterocycles. The fourth-order valence-corrected chi connectivity index (χ4v) is 6.00. The second kappa shape index (κ2) is 33.4. The van der Waals surface area contributed by atoms with Crippen molar-refractivity contribution in [3.63, 3.8) is 0 Å². The quantitative estimate of drug-likeness (QED) is 0.0840. The maximum absolute atomic E-state index is 10.4. The number of ether oxygens (including phenoxy) is 2. The Labute approximate surface area is 315 Å². The molecule has 0 fully saturated rings. The number of aliphatic hydroxyl groups is 2. The Hall–Kier alpha value is -0.780. The summed E-state index contributed by atoms with van der Waals surface area (Å²) in [6.07, 6.45) is 37.5. The molecule has 0 aromatic carbocycles. The number of halogens is 2. The van der Waals surface area contributed by atoms with Gasteiger partial charge >= 0.3 is 0 Å². The van der Waals surface area contributed by atoms with Gasteiger partial charge in [-0.15, -0.1) is 0 Å². The Bertz CT molecular complexity index is 871. The van der Waals surface area contributed by atoms with Crippen LogP contribution >= 0.6 is 0 Å². The largest absolute Gasteiger partial charge is 1.00 e. The molecule has 0 saturated carbocycles. The third kappa shape index (κ3) is 26.1. The average Bonchev–Trinajstić information content (AvgIpc) is 3.70. The first-order valence-electron chi connectivity index (χ1n) is 19.2. The molecule has 8 nitrogen and oxygen atoms in total. The van der Waals surface area contributed by atoms with Crippen molar-refractivity contribution < 1.29 is 62.8 Å². The standard InChI is InChI=1S/C38H72N4O4.2BrH/c1-3-5-7-9-11-13-15-17-19-21-29-45-33-37(43)31-41-27-25-39(35-41)23-24-40-26-28-42(36-40)32-38(44)34-46-30-22-20-18-16-14-12-10-8-6-4-2;;/h25-28,35-38,43-44H,3-24,29-34H2,1-2H3;2*1H/q+2;;/p-2. The van der Waals surface area contributed by atoms with Crippen LogP contribution in [0.5, 0.6) is 0 Å². The summed E-state index contributed by atoms with van der Waals surface area (Å²) in [5.74, 6) is 0. The second-order valence-electron chi connectivity index (χ2n) is 13.5. The number of imidazole rings is 2. The maximum atomic E-state index is 10.4. The van der Waals surface area contributed by atoms with E-state index in [1.807, 2.05) is 46.6 Å². The van der Waals surface area contributed by atoms with Gasteiger partial charge in [0.25, 0.3) is 0 Å². The van der Waals surface area contributed by atoms with Gasteiger partial charge in [0.1, 0.15) is 63.2 Å². The van der Waals surface area contributed by atoms with Gasteiger partial charge in [0.2, 0.25) is 12.7 Å². The summed E-state index contributed by atoms with van der Waals surface area (Å²) in [5.41, 5.74) is 0. The van der Waals surface area contributed by atoms with E-state index >= 15 is 0 Å². The zero-order chi connectivity index (χ0) is 32.9. The van der Waals surface area contributed by atoms with Crippen LogP contribution in [0, 0.1) is 0 Å². The molecule has 282 valence electrons. The smallest absolute Gasteiger partial charge is 0.243 e. The minimum absolute atomic E-state index is 0. The van der Waals surface area contributed by atoms with Crippen molar-refractivity contribution in [1.29, 1.82) is 0 Å². The zero-order valence-corrected chi connectivity index (χ0v) is 33.8. The first-order chi connectivity index (χ1) is 22.6. The lowest BCUT2D eigenvalue weighted by atomic mass is 10.1. The monoisotopic (exact) mass is 806 g/mol. The van der Waals surface area contributed by atoms with E-state index in [4.69, 9.17) is 9.47 Å². The number of aromatic nitrogens is 4. The molecule has 0 aliphatic carbocycles. The lowest BCUT2D eigenvalue weighted by Crippen LogP contribution is -3.00. The van der Waals surface area contributed by atoms with Crippen LogP contribution in [0.4, 0.5) is 0 Å². The van der Waals surface area contributed by atoms with Crippen molar-refractivity contribution in [1.82, 2.24) is 9.13 Å². The van der Waals surface area contributed by atoms with E-state index in [0.717, 1.165) is 39.1 Å². The Morgan fingerprint density at radius 3 is 1.15 bits per heavy atom. The van der Waals surface area contributed by atoms with Crippen LogP contribution in [0.25, 0.3) is 0 Å². The maximum Gasteiger partial charge on any atom is 0.243 e. The van der Waals surface area contributed by atoms with E-state index in [0.29, 0.717) is 26.3 Å². The lowest BCUT2D eigenvalue weighted by Gasteiger charge is -2.09. The van der Waals surface area contributed by atoms with Gasteiger partial charge in [-0.1, -0.05) is 129 Å². The van der Waals surface area contributed by atoms with Crippen LogP contribution in [0.2, 0.25) is 0 Å². The van der Waals surface area contributed by atoms with Crippen molar-refractivity contribution in [3.05, 3.63) is 37.4 Å². The number of aryl methyl sites for hydroxylation is 2. The molecular weight excluding hydrogens is 736 g/mol. The van der Waals surface area contributed by atoms with Crippen molar-refractivity contribution in [2.24, 2.45) is 0 Å². The van der Waals surface area contributed by atoms with Crippen molar-refractivity contribution in [2.75, 3.05) is 26.4 Å². The van der Waals surface area contributed by atoms with Gasteiger partial charge in [-0.2, -0.15) is 0 Å². The van der Waals surface area contributed by atoms with E-state index in [-0.39, 0.29) is 34.0 Å². The summed E-state index contributed by atoms with van der Waals surface area (Å²) in [6, 6.07) is 0. The molecule has 0 spiro atoms. The summed E-state index contributed by atoms with van der Waals surface area (Å²) < 4.78 is 19.8. The second-order valence-corrected chi connectivity index (χ2v) is 13.5. The minimum Gasteiger partial charge on any atom is -1.00 e. The van der Waals surface area contributed by atoms with Gasteiger partial charge in [-0.05, 0) is 12.8 Å². The highest BCUT2D eigenvalue weighted by molar-refractivity contribution is 4.70. The summed E-state index contributed by atoms with van der Waals surface area (Å²) >= 11 is 0. The lowest BCUT2D eigenvalue weighted by molar-refractivity contribution is -0.703. The van der Waals surface area contributed by atoms with Crippen molar-refractivity contribution in [3.8, 4) is 0 Å². The van der Waals surface area contributed by atoms with Gasteiger partial charge in [0.15, 0.2) is 0 Å². The number of nitrogens with zero attached hydrogens (tertiary/aromatic N) is 4. The number of rotatable bonds is 33. The Morgan fingerprint density at radius 1 is 0.500 bits per heavy atom. The van der Waals surface area contributed by atoms with Crippen LogP contribution in [0.1, 0.15) is 142 Å². The van der Waals surface area contributed by atoms with E-state index in [9.17, 15) is 10.2 Å². The molecule has 0 saturated heterocycles. The normalized spacial score (nSPS) is 12.5. The summed E-state index contributed by atoms with van der Waals surface area (Å²) in [7, 11) is 0. The molecule has 2 rings (SSSR count). The third-order valence-electron chi connectivity index (χ3n) is 8.86. The summed E-state index contributed by atoms with van der Waals surface area (Å²) in [6.45, 7) is 9.51.